The van der Waals surface area contributed by atoms with Crippen LogP contribution in [0.4, 0.5) is 9.59 Å². The summed E-state index contributed by atoms with van der Waals surface area (Å²) in [5.74, 6) is -1.16. The maximum absolute atomic E-state index is 13.4. The van der Waals surface area contributed by atoms with Gasteiger partial charge in [0.05, 0.1) is 42.4 Å². The number of carbonyl (C=O) groups is 3. The second kappa shape index (κ2) is 12.9. The topological polar surface area (TPSA) is 128 Å². The Labute approximate surface area is 260 Å². The molecule has 242 valence electrons. The Morgan fingerprint density at radius 1 is 0.977 bits per heavy atom. The quantitative estimate of drug-likeness (QED) is 0.263. The van der Waals surface area contributed by atoms with Crippen LogP contribution < -0.4 is 0 Å². The predicted octanol–water partition coefficient (Wildman–Crippen LogP) is 6.15. The van der Waals surface area contributed by atoms with Crippen LogP contribution in [-0.2, 0) is 30.0 Å². The Hall–Kier alpha value is -2.48. The number of carboxylic acid groups (broad SMARTS) is 1. The van der Waals surface area contributed by atoms with E-state index in [1.807, 2.05) is 0 Å². The van der Waals surface area contributed by atoms with E-state index in [4.69, 9.17) is 18.6 Å². The van der Waals surface area contributed by atoms with Gasteiger partial charge in [0.2, 0.25) is 0 Å². The van der Waals surface area contributed by atoms with Gasteiger partial charge in [-0.2, -0.15) is 0 Å². The number of piperazine rings is 1. The summed E-state index contributed by atoms with van der Waals surface area (Å²) in [7, 11) is -1.86. The number of ether oxygens (including phenoxy) is 3. The molecule has 11 nitrogen and oxygen atoms in total. The number of thiazole rings is 1. The first-order valence-electron chi connectivity index (χ1n) is 14.7. The molecule has 2 amide bonds. The van der Waals surface area contributed by atoms with Gasteiger partial charge in [0.1, 0.15) is 16.2 Å². The fourth-order valence-electron chi connectivity index (χ4n) is 4.73. The molecule has 1 fully saturated rings. The van der Waals surface area contributed by atoms with E-state index >= 15 is 0 Å². The lowest BCUT2D eigenvalue weighted by atomic mass is 9.84. The van der Waals surface area contributed by atoms with E-state index < -0.39 is 49.8 Å². The third-order valence-electron chi connectivity index (χ3n) is 7.71. The molecule has 0 radical (unpaired) electrons. The van der Waals surface area contributed by atoms with Crippen molar-refractivity contribution in [3.8, 4) is 0 Å². The van der Waals surface area contributed by atoms with Crippen LogP contribution in [0.25, 0.3) is 5.57 Å². The Morgan fingerprint density at radius 2 is 1.58 bits per heavy atom. The van der Waals surface area contributed by atoms with Gasteiger partial charge in [-0.1, -0.05) is 20.8 Å². The van der Waals surface area contributed by atoms with Crippen molar-refractivity contribution in [2.45, 2.75) is 117 Å². The van der Waals surface area contributed by atoms with E-state index in [1.165, 1.54) is 21.1 Å². The number of hydrogen-bond acceptors (Lipinski definition) is 9. The molecule has 13 heteroatoms. The fourth-order valence-corrected chi connectivity index (χ4v) is 6.68. The molecule has 1 aromatic heterocycles. The van der Waals surface area contributed by atoms with Crippen molar-refractivity contribution in [2.24, 2.45) is 0 Å². The van der Waals surface area contributed by atoms with Gasteiger partial charge in [0, 0.05) is 19.3 Å². The maximum atomic E-state index is 13.4. The van der Waals surface area contributed by atoms with Crippen molar-refractivity contribution in [1.82, 2.24) is 14.8 Å². The zero-order valence-corrected chi connectivity index (χ0v) is 29.3. The average Bonchev–Trinajstić information content (AvgIpc) is 3.28. The van der Waals surface area contributed by atoms with Crippen LogP contribution in [0, 0.1) is 0 Å². The highest BCUT2D eigenvalue weighted by atomic mass is 32.1. The number of hydrogen-bond donors (Lipinski definition) is 1. The van der Waals surface area contributed by atoms with Gasteiger partial charge in [-0.05, 0) is 71.7 Å². The van der Waals surface area contributed by atoms with Gasteiger partial charge in [-0.3, -0.25) is 4.90 Å². The molecule has 2 bridgehead atoms. The molecule has 3 heterocycles. The molecular weight excluding hydrogens is 590 g/mol. The molecular formula is C30H49N3O8SSi. The van der Waals surface area contributed by atoms with Crippen LogP contribution in [0.2, 0.25) is 18.1 Å². The van der Waals surface area contributed by atoms with Crippen LogP contribution in [0.15, 0.2) is 11.8 Å². The zero-order valence-electron chi connectivity index (χ0n) is 27.5. The van der Waals surface area contributed by atoms with Gasteiger partial charge in [-0.15, -0.1) is 11.3 Å². The van der Waals surface area contributed by atoms with E-state index in [-0.39, 0.29) is 36.7 Å². The van der Waals surface area contributed by atoms with Crippen LogP contribution in [0.3, 0.4) is 0 Å². The summed E-state index contributed by atoms with van der Waals surface area (Å²) in [5, 5.41) is 11.3. The van der Waals surface area contributed by atoms with Crippen molar-refractivity contribution >= 4 is 43.4 Å². The number of carboxylic acids is 1. The lowest BCUT2D eigenvalue weighted by molar-refractivity contribution is -0.134. The summed E-state index contributed by atoms with van der Waals surface area (Å²) < 4.78 is 23.3. The van der Waals surface area contributed by atoms with Crippen LogP contribution in [0.1, 0.15) is 78.6 Å². The lowest BCUT2D eigenvalue weighted by Crippen LogP contribution is -2.65. The van der Waals surface area contributed by atoms with Gasteiger partial charge < -0.3 is 28.6 Å². The number of aromatic nitrogens is 1. The van der Waals surface area contributed by atoms with E-state index in [9.17, 15) is 19.5 Å². The molecule has 2 aliphatic heterocycles. The third kappa shape index (κ3) is 9.02. The number of fused-ring (bicyclic) bond motifs is 2. The monoisotopic (exact) mass is 639 g/mol. The standard InChI is InChI=1S/C30H49N3O8SSi/c1-28(2,3)40-26(36)32-16-19-14-20(24(25(34)35)21(17-32)33(19)27(37)41-29(4,5)6)22-15-31-23(42-22)18-38-12-13-39-43(10,11)30(7,8)9/h15,19,21H,12-14,16-18H2,1-11H3,(H,34,35). The summed E-state index contributed by atoms with van der Waals surface area (Å²) >= 11 is 1.37. The first-order valence-corrected chi connectivity index (χ1v) is 18.4. The van der Waals surface area contributed by atoms with E-state index in [1.54, 1.807) is 47.7 Å². The number of aliphatic carboxylic acids is 1. The minimum absolute atomic E-state index is 0.0290. The Balaban J connectivity index is 1.83. The smallest absolute Gasteiger partial charge is 0.411 e. The summed E-state index contributed by atoms with van der Waals surface area (Å²) in [4.78, 5) is 47.3. The molecule has 0 aliphatic carbocycles. The molecule has 0 aromatic carbocycles. The molecule has 43 heavy (non-hydrogen) atoms. The molecule has 1 N–H and O–H groups in total. The highest BCUT2D eigenvalue weighted by molar-refractivity contribution is 7.12. The number of rotatable bonds is 8. The first-order chi connectivity index (χ1) is 19.6. The SMILES string of the molecule is CC(C)(C)OC(=O)N1CC2CC(c3cnc(COCCO[Si](C)(C)C(C)(C)C)s3)=C(C(=O)O)C(C1)N2C(=O)OC(C)(C)C. The lowest BCUT2D eigenvalue weighted by Gasteiger charge is -2.50. The number of nitrogens with zero attached hydrogens (tertiary/aromatic N) is 3. The van der Waals surface area contributed by atoms with Crippen LogP contribution >= 0.6 is 11.3 Å². The minimum Gasteiger partial charge on any atom is -0.478 e. The van der Waals surface area contributed by atoms with Crippen molar-refractivity contribution in [2.75, 3.05) is 26.3 Å². The second-order valence-corrected chi connectivity index (χ2v) is 20.5. The Bertz CT molecular complexity index is 1230. The number of carbonyl (C=O) groups excluding carboxylic acids is 2. The largest absolute Gasteiger partial charge is 0.478 e. The van der Waals surface area contributed by atoms with Crippen molar-refractivity contribution in [3.63, 3.8) is 0 Å². The van der Waals surface area contributed by atoms with E-state index in [2.05, 4.69) is 38.8 Å². The minimum atomic E-state index is -1.86. The number of amides is 2. The van der Waals surface area contributed by atoms with Crippen LogP contribution in [0.5, 0.6) is 0 Å². The average molecular weight is 640 g/mol. The summed E-state index contributed by atoms with van der Waals surface area (Å²) in [6.45, 7) is 23.0. The molecule has 2 aliphatic rings. The summed E-state index contributed by atoms with van der Waals surface area (Å²) in [6.07, 6.45) is 0.731. The summed E-state index contributed by atoms with van der Waals surface area (Å²) in [6, 6.07) is -1.43. The van der Waals surface area contributed by atoms with E-state index in [0.29, 0.717) is 23.7 Å². The zero-order chi connectivity index (χ0) is 32.5. The molecule has 0 saturated carbocycles. The van der Waals surface area contributed by atoms with Crippen molar-refractivity contribution < 1.29 is 38.1 Å². The van der Waals surface area contributed by atoms with Gasteiger partial charge in [0.25, 0.3) is 0 Å². The Kier molecular flexibility index (Phi) is 10.5. The second-order valence-electron chi connectivity index (χ2n) is 14.6. The third-order valence-corrected chi connectivity index (χ3v) is 13.3. The highest BCUT2D eigenvalue weighted by Crippen LogP contribution is 2.41. The van der Waals surface area contributed by atoms with Gasteiger partial charge >= 0.3 is 18.2 Å². The molecule has 1 saturated heterocycles. The van der Waals surface area contributed by atoms with E-state index in [0.717, 1.165) is 5.01 Å². The van der Waals surface area contributed by atoms with Gasteiger partial charge in [0.15, 0.2) is 8.32 Å². The highest BCUT2D eigenvalue weighted by Gasteiger charge is 2.49. The first kappa shape index (κ1) is 35.0. The van der Waals surface area contributed by atoms with Gasteiger partial charge in [-0.25, -0.2) is 19.4 Å². The predicted molar refractivity (Wildman–Crippen MR) is 168 cm³/mol. The molecule has 3 rings (SSSR count). The van der Waals surface area contributed by atoms with Crippen LogP contribution in [-0.4, -0.2) is 96.0 Å². The molecule has 0 spiro atoms. The Morgan fingerprint density at radius 3 is 2.14 bits per heavy atom. The fraction of sp³-hybridized carbons (Fsp3) is 0.733. The molecule has 2 atom stereocenters. The maximum Gasteiger partial charge on any atom is 0.411 e. The summed E-state index contributed by atoms with van der Waals surface area (Å²) in [5.41, 5.74) is -0.833. The molecule has 1 aromatic rings. The molecule has 2 unspecified atom stereocenters. The normalized spacial score (nSPS) is 19.9. The van der Waals surface area contributed by atoms with Crippen molar-refractivity contribution in [3.05, 3.63) is 21.7 Å². The van der Waals surface area contributed by atoms with Crippen molar-refractivity contribution in [1.29, 1.82) is 0 Å².